The maximum absolute atomic E-state index is 15.4. The van der Waals surface area contributed by atoms with Gasteiger partial charge in [0.1, 0.15) is 21.8 Å². The predicted octanol–water partition coefficient (Wildman–Crippen LogP) is 3.06. The Morgan fingerprint density at radius 1 is 1.26 bits per heavy atom. The lowest BCUT2D eigenvalue weighted by molar-refractivity contribution is 0.0620. The number of benzene rings is 1. The SMILES string of the molecule is COCCOCc1cnn2c(N)c(-c3ccc(C4(Cl)C(Cl)=CC=CC4S(N)(=O)=O)cc3F)cnc12. The van der Waals surface area contributed by atoms with E-state index in [1.807, 2.05) is 0 Å². The fraction of sp³-hybridized carbons (Fsp3) is 0.273. The first-order valence-corrected chi connectivity index (χ1v) is 12.7. The number of methoxy groups -OCH3 is 1. The van der Waals surface area contributed by atoms with Crippen molar-refractivity contribution in [1.29, 1.82) is 0 Å². The molecule has 1 aliphatic carbocycles. The Hall–Kier alpha value is -2.54. The summed E-state index contributed by atoms with van der Waals surface area (Å²) in [6.07, 6.45) is 7.19. The third-order valence-corrected chi connectivity index (χ3v) is 8.15. The highest BCUT2D eigenvalue weighted by molar-refractivity contribution is 7.90. The minimum atomic E-state index is -4.15. The normalized spacial score (nSPS) is 20.4. The molecular formula is C22H22Cl2FN5O4S. The minimum Gasteiger partial charge on any atom is -0.383 e. The van der Waals surface area contributed by atoms with E-state index >= 15 is 4.39 Å². The molecule has 0 aliphatic heterocycles. The molecule has 0 spiro atoms. The van der Waals surface area contributed by atoms with Crippen LogP contribution in [0, 0.1) is 5.82 Å². The first kappa shape index (κ1) is 25.5. The van der Waals surface area contributed by atoms with Crippen LogP contribution < -0.4 is 10.9 Å². The second kappa shape index (κ2) is 9.84. The summed E-state index contributed by atoms with van der Waals surface area (Å²) in [5.74, 6) is -0.552. The highest BCUT2D eigenvalue weighted by atomic mass is 35.5. The van der Waals surface area contributed by atoms with Crippen LogP contribution in [0.2, 0.25) is 0 Å². The van der Waals surface area contributed by atoms with Crippen molar-refractivity contribution < 1.29 is 22.3 Å². The molecule has 2 unspecified atom stereocenters. The number of rotatable bonds is 8. The van der Waals surface area contributed by atoms with Crippen molar-refractivity contribution in [2.45, 2.75) is 16.7 Å². The Kier molecular flexibility index (Phi) is 7.18. The zero-order chi connectivity index (χ0) is 25.4. The van der Waals surface area contributed by atoms with E-state index in [-0.39, 0.29) is 34.1 Å². The minimum absolute atomic E-state index is 0.00719. The summed E-state index contributed by atoms with van der Waals surface area (Å²) >= 11 is 13.0. The number of ether oxygens (including phenoxy) is 2. The van der Waals surface area contributed by atoms with E-state index in [1.54, 1.807) is 13.3 Å². The molecule has 2 heterocycles. The van der Waals surface area contributed by atoms with E-state index in [0.29, 0.717) is 24.4 Å². The number of nitrogens with two attached hydrogens (primary N) is 2. The van der Waals surface area contributed by atoms with Gasteiger partial charge in [-0.25, -0.2) is 22.9 Å². The van der Waals surface area contributed by atoms with Crippen LogP contribution in [-0.2, 0) is 31.0 Å². The molecule has 0 bridgehead atoms. The van der Waals surface area contributed by atoms with Crippen molar-refractivity contribution in [1.82, 2.24) is 14.6 Å². The van der Waals surface area contributed by atoms with Crippen LogP contribution in [0.15, 0.2) is 53.9 Å². The summed E-state index contributed by atoms with van der Waals surface area (Å²) in [7, 11) is -2.57. The van der Waals surface area contributed by atoms with Crippen LogP contribution >= 0.6 is 23.2 Å². The fourth-order valence-electron chi connectivity index (χ4n) is 3.86. The Morgan fingerprint density at radius 2 is 2.03 bits per heavy atom. The van der Waals surface area contributed by atoms with Crippen LogP contribution in [0.25, 0.3) is 16.8 Å². The number of fused-ring (bicyclic) bond motifs is 1. The summed E-state index contributed by atoms with van der Waals surface area (Å²) in [4.78, 5) is 2.59. The lowest BCUT2D eigenvalue weighted by atomic mass is 9.89. The topological polar surface area (TPSA) is 135 Å². The average molecular weight is 542 g/mol. The molecule has 0 radical (unpaired) electrons. The van der Waals surface area contributed by atoms with Gasteiger partial charge in [-0.1, -0.05) is 35.9 Å². The monoisotopic (exact) mass is 541 g/mol. The van der Waals surface area contributed by atoms with E-state index in [9.17, 15) is 8.42 Å². The Morgan fingerprint density at radius 3 is 2.71 bits per heavy atom. The number of sulfonamides is 1. The Bertz CT molecular complexity index is 1440. The number of alkyl halides is 1. The van der Waals surface area contributed by atoms with E-state index in [1.165, 1.54) is 41.1 Å². The zero-order valence-electron chi connectivity index (χ0n) is 18.5. The van der Waals surface area contributed by atoms with Gasteiger partial charge in [0.2, 0.25) is 10.0 Å². The van der Waals surface area contributed by atoms with E-state index in [4.69, 9.17) is 43.5 Å². The van der Waals surface area contributed by atoms with Gasteiger partial charge in [-0.3, -0.25) is 0 Å². The molecule has 2 atom stereocenters. The van der Waals surface area contributed by atoms with Gasteiger partial charge in [-0.05, 0) is 17.7 Å². The maximum Gasteiger partial charge on any atom is 0.218 e. The maximum atomic E-state index is 15.4. The summed E-state index contributed by atoms with van der Waals surface area (Å²) in [5, 5.41) is 8.22. The third-order valence-electron chi connectivity index (χ3n) is 5.63. The number of hydrogen-bond acceptors (Lipinski definition) is 7. The van der Waals surface area contributed by atoms with Crippen molar-refractivity contribution in [3.8, 4) is 11.1 Å². The number of halogens is 3. The number of nitrogens with zero attached hydrogens (tertiary/aromatic N) is 3. The number of hydrogen-bond donors (Lipinski definition) is 2. The van der Waals surface area contributed by atoms with Crippen molar-refractivity contribution in [2.75, 3.05) is 26.1 Å². The van der Waals surface area contributed by atoms with Crippen molar-refractivity contribution in [3.05, 3.63) is 70.8 Å². The fourth-order valence-corrected chi connectivity index (χ4v) is 5.87. The molecule has 186 valence electrons. The van der Waals surface area contributed by atoms with Gasteiger partial charge in [-0.2, -0.15) is 9.61 Å². The molecule has 35 heavy (non-hydrogen) atoms. The summed E-state index contributed by atoms with van der Waals surface area (Å²) in [6.45, 7) is 1.11. The predicted molar refractivity (Wildman–Crippen MR) is 132 cm³/mol. The van der Waals surface area contributed by atoms with Crippen LogP contribution in [0.4, 0.5) is 10.2 Å². The van der Waals surface area contributed by atoms with Gasteiger partial charge in [-0.15, -0.1) is 11.6 Å². The van der Waals surface area contributed by atoms with E-state index < -0.39 is 26.0 Å². The molecule has 9 nitrogen and oxygen atoms in total. The smallest absolute Gasteiger partial charge is 0.218 e. The van der Waals surface area contributed by atoms with Crippen molar-refractivity contribution in [3.63, 3.8) is 0 Å². The zero-order valence-corrected chi connectivity index (χ0v) is 20.8. The number of primary sulfonamides is 1. The molecule has 2 aromatic heterocycles. The number of allylic oxidation sites excluding steroid dienone is 3. The van der Waals surface area contributed by atoms with Crippen LogP contribution in [0.3, 0.4) is 0 Å². The Balaban J connectivity index is 1.71. The second-order valence-corrected chi connectivity index (χ2v) is 10.5. The third kappa shape index (κ3) is 4.67. The molecular weight excluding hydrogens is 520 g/mol. The first-order valence-electron chi connectivity index (χ1n) is 10.3. The molecule has 0 saturated heterocycles. The van der Waals surface area contributed by atoms with Gasteiger partial charge in [0.05, 0.1) is 26.0 Å². The number of aromatic nitrogens is 3. The van der Waals surface area contributed by atoms with Gasteiger partial charge in [0.15, 0.2) is 5.65 Å². The molecule has 1 aliphatic rings. The summed E-state index contributed by atoms with van der Waals surface area (Å²) in [5.41, 5.74) is 7.99. The molecule has 3 aromatic rings. The van der Waals surface area contributed by atoms with Gasteiger partial charge >= 0.3 is 0 Å². The lowest BCUT2D eigenvalue weighted by Crippen LogP contribution is -2.44. The highest BCUT2D eigenvalue weighted by Gasteiger charge is 2.47. The van der Waals surface area contributed by atoms with Gasteiger partial charge in [0.25, 0.3) is 0 Å². The van der Waals surface area contributed by atoms with Crippen molar-refractivity contribution >= 4 is 44.7 Å². The average Bonchev–Trinajstić information content (AvgIpc) is 3.22. The second-order valence-electron chi connectivity index (χ2n) is 7.82. The summed E-state index contributed by atoms with van der Waals surface area (Å²) in [6, 6.07) is 4.01. The molecule has 0 amide bonds. The molecule has 0 fully saturated rings. The lowest BCUT2D eigenvalue weighted by Gasteiger charge is -2.34. The number of anilines is 1. The standard InChI is InChI=1S/C22H22Cl2FN5O4S/c1-33-7-8-34-12-13-10-29-30-20(26)16(11-28-21(13)30)15-6-5-14(9-17(15)25)22(24)18(23)3-2-4-19(22)35(27,31)32/h2-6,9-11,19H,7-8,12,26H2,1H3,(H2,27,31,32). The van der Waals surface area contributed by atoms with E-state index in [2.05, 4.69) is 10.1 Å². The van der Waals surface area contributed by atoms with Crippen LogP contribution in [-0.4, -0.2) is 48.6 Å². The number of nitrogen functional groups attached to an aromatic ring is 1. The largest absolute Gasteiger partial charge is 0.383 e. The van der Waals surface area contributed by atoms with Gasteiger partial charge in [0, 0.05) is 35.0 Å². The quantitative estimate of drug-likeness (QED) is 0.330. The van der Waals surface area contributed by atoms with Crippen LogP contribution in [0.5, 0.6) is 0 Å². The molecule has 0 saturated carbocycles. The Labute approximate surface area is 211 Å². The highest BCUT2D eigenvalue weighted by Crippen LogP contribution is 2.47. The van der Waals surface area contributed by atoms with Crippen molar-refractivity contribution in [2.24, 2.45) is 5.14 Å². The molecule has 4 N–H and O–H groups in total. The first-order chi connectivity index (χ1) is 16.6. The van der Waals surface area contributed by atoms with Gasteiger partial charge < -0.3 is 15.2 Å². The molecule has 1 aromatic carbocycles. The van der Waals surface area contributed by atoms with E-state index in [0.717, 1.165) is 6.07 Å². The molecule has 13 heteroatoms. The molecule has 4 rings (SSSR count). The summed E-state index contributed by atoms with van der Waals surface area (Å²) < 4.78 is 51.6. The van der Waals surface area contributed by atoms with Crippen LogP contribution in [0.1, 0.15) is 11.1 Å².